The van der Waals surface area contributed by atoms with Gasteiger partial charge in [-0.1, -0.05) is 11.6 Å². The second kappa shape index (κ2) is 5.76. The van der Waals surface area contributed by atoms with Crippen molar-refractivity contribution in [2.45, 2.75) is 32.9 Å². The Morgan fingerprint density at radius 3 is 3.12 bits per heavy atom. The Balaban J connectivity index is 2.03. The SMILES string of the molecule is Cc1cc(Cl)nc(CN2CCCOC(C)C2)n1. The smallest absolute Gasteiger partial charge is 0.144 e. The average Bonchev–Trinajstić information content (AvgIpc) is 2.41. The van der Waals surface area contributed by atoms with Crippen LogP contribution in [0.3, 0.4) is 0 Å². The van der Waals surface area contributed by atoms with Crippen LogP contribution in [0.2, 0.25) is 5.15 Å². The molecule has 0 N–H and O–H groups in total. The van der Waals surface area contributed by atoms with Crippen molar-refractivity contribution in [1.82, 2.24) is 14.9 Å². The third kappa shape index (κ3) is 3.91. The maximum Gasteiger partial charge on any atom is 0.144 e. The van der Waals surface area contributed by atoms with E-state index in [2.05, 4.69) is 21.8 Å². The number of nitrogens with zero attached hydrogens (tertiary/aromatic N) is 3. The van der Waals surface area contributed by atoms with Crippen molar-refractivity contribution in [1.29, 1.82) is 0 Å². The molecule has 0 radical (unpaired) electrons. The lowest BCUT2D eigenvalue weighted by molar-refractivity contribution is 0.0664. The van der Waals surface area contributed by atoms with Gasteiger partial charge >= 0.3 is 0 Å². The summed E-state index contributed by atoms with van der Waals surface area (Å²) in [4.78, 5) is 11.0. The molecule has 2 rings (SSSR count). The number of ether oxygens (including phenoxy) is 1. The van der Waals surface area contributed by atoms with E-state index in [1.165, 1.54) is 0 Å². The number of hydrogen-bond donors (Lipinski definition) is 0. The number of rotatable bonds is 2. The number of halogens is 1. The first-order valence-corrected chi connectivity index (χ1v) is 6.35. The molecule has 1 aliphatic heterocycles. The van der Waals surface area contributed by atoms with Crippen molar-refractivity contribution in [2.24, 2.45) is 0 Å². The Morgan fingerprint density at radius 1 is 1.53 bits per heavy atom. The van der Waals surface area contributed by atoms with Gasteiger partial charge in [-0.25, -0.2) is 9.97 Å². The molecule has 1 aromatic heterocycles. The largest absolute Gasteiger partial charge is 0.377 e. The highest BCUT2D eigenvalue weighted by Crippen LogP contribution is 2.11. The van der Waals surface area contributed by atoms with Gasteiger partial charge in [0.15, 0.2) is 0 Å². The summed E-state index contributed by atoms with van der Waals surface area (Å²) in [5, 5.41) is 0.520. The summed E-state index contributed by atoms with van der Waals surface area (Å²) < 4.78 is 5.61. The Hall–Kier alpha value is -0.710. The molecule has 1 fully saturated rings. The second-order valence-electron chi connectivity index (χ2n) is 4.52. The van der Waals surface area contributed by atoms with E-state index in [1.54, 1.807) is 6.07 Å². The van der Waals surface area contributed by atoms with Crippen LogP contribution >= 0.6 is 11.6 Å². The quantitative estimate of drug-likeness (QED) is 0.759. The molecule has 0 aliphatic carbocycles. The van der Waals surface area contributed by atoms with Crippen molar-refractivity contribution in [3.63, 3.8) is 0 Å². The zero-order valence-electron chi connectivity index (χ0n) is 10.3. The Kier molecular flexibility index (Phi) is 4.31. The summed E-state index contributed by atoms with van der Waals surface area (Å²) in [5.74, 6) is 0.795. The number of hydrogen-bond acceptors (Lipinski definition) is 4. The van der Waals surface area contributed by atoms with Crippen molar-refractivity contribution in [3.05, 3.63) is 22.7 Å². The standard InChI is InChI=1S/C12H18ClN3O/c1-9-6-11(13)15-12(14-9)8-16-4-3-5-17-10(2)7-16/h6,10H,3-5,7-8H2,1-2H3. The first-order valence-electron chi connectivity index (χ1n) is 5.97. The van der Waals surface area contributed by atoms with Gasteiger partial charge < -0.3 is 4.74 Å². The summed E-state index contributed by atoms with van der Waals surface area (Å²) in [7, 11) is 0. The van der Waals surface area contributed by atoms with Crippen molar-refractivity contribution in [2.75, 3.05) is 19.7 Å². The highest BCUT2D eigenvalue weighted by Gasteiger charge is 2.16. The Bertz CT molecular complexity index is 366. The molecule has 0 amide bonds. The van der Waals surface area contributed by atoms with Gasteiger partial charge in [-0.05, 0) is 26.3 Å². The second-order valence-corrected chi connectivity index (χ2v) is 4.91. The molecule has 0 aromatic carbocycles. The van der Waals surface area contributed by atoms with Crippen molar-refractivity contribution < 1.29 is 4.74 Å². The van der Waals surface area contributed by atoms with E-state index >= 15 is 0 Å². The van der Waals surface area contributed by atoms with Gasteiger partial charge in [-0.2, -0.15) is 0 Å². The molecule has 1 aliphatic rings. The lowest BCUT2D eigenvalue weighted by Gasteiger charge is -2.20. The van der Waals surface area contributed by atoms with Gasteiger partial charge in [0.2, 0.25) is 0 Å². The van der Waals surface area contributed by atoms with Gasteiger partial charge in [0, 0.05) is 25.4 Å². The minimum Gasteiger partial charge on any atom is -0.377 e. The fraction of sp³-hybridized carbons (Fsp3) is 0.667. The Morgan fingerprint density at radius 2 is 2.35 bits per heavy atom. The first kappa shape index (κ1) is 12.7. The lowest BCUT2D eigenvalue weighted by atomic mass is 10.3. The van der Waals surface area contributed by atoms with Gasteiger partial charge in [0.1, 0.15) is 11.0 Å². The first-order chi connectivity index (χ1) is 8.13. The highest BCUT2D eigenvalue weighted by molar-refractivity contribution is 6.29. The van der Waals surface area contributed by atoms with Crippen LogP contribution in [0.5, 0.6) is 0 Å². The molecule has 1 aromatic rings. The van der Waals surface area contributed by atoms with E-state index in [0.29, 0.717) is 5.15 Å². The number of aromatic nitrogens is 2. The van der Waals surface area contributed by atoms with E-state index in [4.69, 9.17) is 16.3 Å². The summed E-state index contributed by atoms with van der Waals surface area (Å²) in [6.45, 7) is 7.57. The van der Waals surface area contributed by atoms with Gasteiger partial charge in [-0.3, -0.25) is 4.90 Å². The molecule has 1 saturated heterocycles. The van der Waals surface area contributed by atoms with Crippen LogP contribution in [-0.2, 0) is 11.3 Å². The fourth-order valence-electron chi connectivity index (χ4n) is 2.08. The Labute approximate surface area is 107 Å². The molecule has 4 nitrogen and oxygen atoms in total. The minimum atomic E-state index is 0.276. The maximum atomic E-state index is 5.93. The maximum absolute atomic E-state index is 5.93. The van der Waals surface area contributed by atoms with Crippen LogP contribution in [0, 0.1) is 6.92 Å². The van der Waals surface area contributed by atoms with E-state index in [1.807, 2.05) is 6.92 Å². The van der Waals surface area contributed by atoms with E-state index in [0.717, 1.165) is 44.2 Å². The fourth-order valence-corrected chi connectivity index (χ4v) is 2.34. The molecule has 0 spiro atoms. The molecule has 0 bridgehead atoms. The van der Waals surface area contributed by atoms with Crippen LogP contribution in [0.25, 0.3) is 0 Å². The molecule has 5 heteroatoms. The molecular formula is C12H18ClN3O. The number of aryl methyl sites for hydroxylation is 1. The third-order valence-corrected chi connectivity index (χ3v) is 2.96. The van der Waals surface area contributed by atoms with E-state index in [9.17, 15) is 0 Å². The summed E-state index contributed by atoms with van der Waals surface area (Å²) in [6.07, 6.45) is 1.34. The van der Waals surface area contributed by atoms with Crippen molar-refractivity contribution >= 4 is 11.6 Å². The van der Waals surface area contributed by atoms with Crippen molar-refractivity contribution in [3.8, 4) is 0 Å². The molecule has 94 valence electrons. The monoisotopic (exact) mass is 255 g/mol. The van der Waals surface area contributed by atoms with E-state index in [-0.39, 0.29) is 6.10 Å². The average molecular weight is 256 g/mol. The van der Waals surface area contributed by atoms with Crippen LogP contribution < -0.4 is 0 Å². The predicted molar refractivity (Wildman–Crippen MR) is 67.1 cm³/mol. The molecule has 0 saturated carbocycles. The predicted octanol–water partition coefficient (Wildman–Crippen LogP) is 2.05. The summed E-state index contributed by atoms with van der Waals surface area (Å²) >= 11 is 5.93. The molecule has 1 atom stereocenters. The van der Waals surface area contributed by atoms with Crippen LogP contribution in [0.4, 0.5) is 0 Å². The molecule has 1 unspecified atom stereocenters. The van der Waals surface area contributed by atoms with Crippen LogP contribution in [0.1, 0.15) is 24.9 Å². The van der Waals surface area contributed by atoms with Crippen LogP contribution in [-0.4, -0.2) is 40.7 Å². The summed E-state index contributed by atoms with van der Waals surface area (Å²) in [6, 6.07) is 1.78. The van der Waals surface area contributed by atoms with Gasteiger partial charge in [0.05, 0.1) is 12.6 Å². The molecular weight excluding hydrogens is 238 g/mol. The summed E-state index contributed by atoms with van der Waals surface area (Å²) in [5.41, 5.74) is 0.916. The zero-order valence-corrected chi connectivity index (χ0v) is 11.1. The molecule has 2 heterocycles. The van der Waals surface area contributed by atoms with Gasteiger partial charge in [-0.15, -0.1) is 0 Å². The highest BCUT2D eigenvalue weighted by atomic mass is 35.5. The van der Waals surface area contributed by atoms with E-state index < -0.39 is 0 Å². The topological polar surface area (TPSA) is 38.2 Å². The van der Waals surface area contributed by atoms with Gasteiger partial charge in [0.25, 0.3) is 0 Å². The normalized spacial score (nSPS) is 22.4. The molecule has 17 heavy (non-hydrogen) atoms. The third-order valence-electron chi connectivity index (χ3n) is 2.77. The minimum absolute atomic E-state index is 0.276. The zero-order chi connectivity index (χ0) is 12.3. The lowest BCUT2D eigenvalue weighted by Crippen LogP contribution is -2.30. The van der Waals surface area contributed by atoms with Crippen LogP contribution in [0.15, 0.2) is 6.07 Å².